The molecule has 0 unspecified atom stereocenters. The quantitative estimate of drug-likeness (QED) is 0.339. The number of nitrogens with zero attached hydrogens (tertiary/aromatic N) is 4. The van der Waals surface area contributed by atoms with Gasteiger partial charge in [0.15, 0.2) is 5.65 Å². The van der Waals surface area contributed by atoms with E-state index in [1.165, 1.54) is 4.68 Å². The van der Waals surface area contributed by atoms with E-state index in [1.54, 1.807) is 31.5 Å². The first-order valence-electron chi connectivity index (χ1n) is 9.33. The number of nitrogen functional groups attached to an aromatic ring is 1. The van der Waals surface area contributed by atoms with Gasteiger partial charge in [0.05, 0.1) is 33.9 Å². The van der Waals surface area contributed by atoms with Crippen molar-refractivity contribution in [2.75, 3.05) is 26.0 Å². The molecule has 0 saturated heterocycles. The molecule has 4 aromatic rings. The van der Waals surface area contributed by atoms with E-state index in [4.69, 9.17) is 33.7 Å². The van der Waals surface area contributed by atoms with E-state index in [9.17, 15) is 4.79 Å². The number of amides is 1. The molecule has 1 amide bonds. The van der Waals surface area contributed by atoms with Crippen molar-refractivity contribution in [1.29, 1.82) is 0 Å². The molecule has 0 aliphatic rings. The minimum atomic E-state index is -0.382. The second-order valence-corrected chi connectivity index (χ2v) is 7.44. The smallest absolute Gasteiger partial charge is 0.257 e. The first kappa shape index (κ1) is 21.0. The third-order valence-electron chi connectivity index (χ3n) is 4.56. The maximum Gasteiger partial charge on any atom is 0.257 e. The molecule has 4 rings (SSSR count). The van der Waals surface area contributed by atoms with Crippen molar-refractivity contribution in [2.45, 2.75) is 0 Å². The third kappa shape index (κ3) is 4.18. The molecule has 0 saturated carbocycles. The summed E-state index contributed by atoms with van der Waals surface area (Å²) in [5, 5.41) is 8.06. The summed E-state index contributed by atoms with van der Waals surface area (Å²) in [4.78, 5) is 22.1. The zero-order valence-corrected chi connectivity index (χ0v) is 18.0. The maximum absolute atomic E-state index is 12.8. The molecular formula is C21H18Cl2N6O2. The van der Waals surface area contributed by atoms with Gasteiger partial charge in [-0.25, -0.2) is 9.97 Å². The fraction of sp³-hybridized carbons (Fsp3) is 0.143. The summed E-state index contributed by atoms with van der Waals surface area (Å²) in [5.74, 6) is -0.260. The van der Waals surface area contributed by atoms with E-state index in [1.807, 2.05) is 24.3 Å². The fourth-order valence-electron chi connectivity index (χ4n) is 3.06. The van der Waals surface area contributed by atoms with Gasteiger partial charge < -0.3 is 15.8 Å². The van der Waals surface area contributed by atoms with E-state index in [-0.39, 0.29) is 17.3 Å². The Hall–Kier alpha value is -3.20. The van der Waals surface area contributed by atoms with Gasteiger partial charge >= 0.3 is 0 Å². The second kappa shape index (κ2) is 8.89. The van der Waals surface area contributed by atoms with Crippen LogP contribution in [0.25, 0.3) is 22.2 Å². The van der Waals surface area contributed by atoms with Crippen molar-refractivity contribution in [2.24, 2.45) is 5.10 Å². The van der Waals surface area contributed by atoms with E-state index in [0.717, 1.165) is 0 Å². The van der Waals surface area contributed by atoms with E-state index in [2.05, 4.69) is 20.4 Å². The third-order valence-corrected chi connectivity index (χ3v) is 5.30. The molecule has 2 heterocycles. The molecule has 0 bridgehead atoms. The summed E-state index contributed by atoms with van der Waals surface area (Å²) in [5.41, 5.74) is 9.27. The number of aromatic nitrogens is 3. The molecule has 0 aliphatic carbocycles. The molecule has 8 nitrogen and oxygen atoms in total. The molecule has 0 radical (unpaired) electrons. The van der Waals surface area contributed by atoms with Gasteiger partial charge in [-0.05, 0) is 29.8 Å². The number of para-hydroxylation sites is 2. The van der Waals surface area contributed by atoms with Crippen LogP contribution in [0.15, 0.2) is 47.6 Å². The van der Waals surface area contributed by atoms with Crippen molar-refractivity contribution in [1.82, 2.24) is 20.0 Å². The first-order chi connectivity index (χ1) is 15.0. The second-order valence-electron chi connectivity index (χ2n) is 6.62. The van der Waals surface area contributed by atoms with Gasteiger partial charge in [-0.2, -0.15) is 9.78 Å². The molecule has 2 aromatic carbocycles. The Morgan fingerprint density at radius 2 is 1.94 bits per heavy atom. The number of nitrogens with one attached hydrogen (secondary N) is 1. The van der Waals surface area contributed by atoms with Gasteiger partial charge in [0.1, 0.15) is 16.9 Å². The maximum atomic E-state index is 12.8. The number of anilines is 1. The Labute approximate surface area is 187 Å². The number of benzene rings is 2. The number of ether oxygens (including phenoxy) is 1. The molecule has 0 atom stereocenters. The number of methoxy groups -OCH3 is 1. The number of nitrogens with two attached hydrogens (primary N) is 1. The normalized spacial score (nSPS) is 11.6. The van der Waals surface area contributed by atoms with Crippen molar-refractivity contribution < 1.29 is 9.53 Å². The topological polar surface area (TPSA) is 107 Å². The zero-order valence-electron chi connectivity index (χ0n) is 16.5. The lowest BCUT2D eigenvalue weighted by Gasteiger charge is -2.04. The van der Waals surface area contributed by atoms with Crippen LogP contribution in [0.1, 0.15) is 15.9 Å². The first-order valence-corrected chi connectivity index (χ1v) is 10.1. The molecular weight excluding hydrogens is 439 g/mol. The van der Waals surface area contributed by atoms with Crippen LogP contribution < -0.4 is 11.1 Å². The van der Waals surface area contributed by atoms with Crippen LogP contribution in [0.2, 0.25) is 10.0 Å². The summed E-state index contributed by atoms with van der Waals surface area (Å²) in [7, 11) is 1.56. The summed E-state index contributed by atoms with van der Waals surface area (Å²) in [6.45, 7) is 0.698. The van der Waals surface area contributed by atoms with E-state index >= 15 is 0 Å². The average molecular weight is 457 g/mol. The highest BCUT2D eigenvalue weighted by Gasteiger charge is 2.23. The van der Waals surface area contributed by atoms with Crippen molar-refractivity contribution in [3.05, 3.63) is 63.6 Å². The van der Waals surface area contributed by atoms with Crippen molar-refractivity contribution >= 4 is 63.3 Å². The number of rotatable bonds is 6. The lowest BCUT2D eigenvalue weighted by molar-refractivity contribution is 0.0939. The molecule has 158 valence electrons. The summed E-state index contributed by atoms with van der Waals surface area (Å²) in [6.07, 6.45) is 1.56. The van der Waals surface area contributed by atoms with Gasteiger partial charge in [0.25, 0.3) is 5.91 Å². The fourth-order valence-corrected chi connectivity index (χ4v) is 3.37. The van der Waals surface area contributed by atoms with Crippen LogP contribution in [0.5, 0.6) is 0 Å². The number of halogens is 2. The van der Waals surface area contributed by atoms with Crippen LogP contribution in [-0.4, -0.2) is 47.0 Å². The molecule has 31 heavy (non-hydrogen) atoms. The van der Waals surface area contributed by atoms with Crippen LogP contribution >= 0.6 is 23.2 Å². The highest BCUT2D eigenvalue weighted by atomic mass is 35.5. The average Bonchev–Trinajstić information content (AvgIpc) is 3.03. The minimum absolute atomic E-state index is 0.122. The zero-order chi connectivity index (χ0) is 22.0. The van der Waals surface area contributed by atoms with Gasteiger partial charge in [0.2, 0.25) is 0 Å². The van der Waals surface area contributed by atoms with Crippen molar-refractivity contribution in [3.8, 4) is 0 Å². The van der Waals surface area contributed by atoms with Gasteiger partial charge in [-0.1, -0.05) is 41.4 Å². The Bertz CT molecular complexity index is 1320. The van der Waals surface area contributed by atoms with Gasteiger partial charge in [-0.15, -0.1) is 0 Å². The summed E-state index contributed by atoms with van der Waals surface area (Å²) >= 11 is 12.1. The van der Waals surface area contributed by atoms with Crippen LogP contribution in [0.4, 0.5) is 5.82 Å². The molecule has 3 N–H and O–H groups in total. The Balaban J connectivity index is 1.86. The molecule has 0 spiro atoms. The standard InChI is InChI=1S/C21H18Cl2N6O2/c1-31-9-8-25-21(30)17-18-20(28-16-5-3-2-4-15(16)27-18)29(19(17)24)26-11-12-6-7-13(22)14(23)10-12/h2-7,10-11H,8-9,24H2,1H3,(H,25,30)/b26-11-. The number of hydrogen-bond acceptors (Lipinski definition) is 6. The van der Waals surface area contributed by atoms with Crippen molar-refractivity contribution in [3.63, 3.8) is 0 Å². The van der Waals surface area contributed by atoms with Gasteiger partial charge in [-0.3, -0.25) is 4.79 Å². The van der Waals surface area contributed by atoms with Crippen LogP contribution in [0.3, 0.4) is 0 Å². The summed E-state index contributed by atoms with van der Waals surface area (Å²) in [6, 6.07) is 12.5. The van der Waals surface area contributed by atoms with E-state index < -0.39 is 0 Å². The Kier molecular flexibility index (Phi) is 6.03. The lowest BCUT2D eigenvalue weighted by atomic mass is 10.2. The SMILES string of the molecule is COCCNC(=O)c1c(N)n(/N=C\c2ccc(Cl)c(Cl)c2)c2nc3ccccc3nc12. The predicted molar refractivity (Wildman–Crippen MR) is 123 cm³/mol. The molecule has 0 aliphatic heterocycles. The van der Waals surface area contributed by atoms with Crippen LogP contribution in [0, 0.1) is 0 Å². The molecule has 2 aromatic heterocycles. The number of carbonyl (C=O) groups excluding carboxylic acids is 1. The predicted octanol–water partition coefficient (Wildman–Crippen LogP) is 3.73. The number of carbonyl (C=O) groups is 1. The van der Waals surface area contributed by atoms with Gasteiger partial charge in [0, 0.05) is 13.7 Å². The number of fused-ring (bicyclic) bond motifs is 2. The van der Waals surface area contributed by atoms with E-state index in [0.29, 0.717) is 51.0 Å². The largest absolute Gasteiger partial charge is 0.383 e. The lowest BCUT2D eigenvalue weighted by Crippen LogP contribution is -2.27. The Morgan fingerprint density at radius 3 is 2.65 bits per heavy atom. The number of hydrogen-bond donors (Lipinski definition) is 2. The summed E-state index contributed by atoms with van der Waals surface area (Å²) < 4.78 is 6.38. The highest BCUT2D eigenvalue weighted by Crippen LogP contribution is 2.28. The Morgan fingerprint density at radius 1 is 1.19 bits per heavy atom. The monoisotopic (exact) mass is 456 g/mol. The van der Waals surface area contributed by atoms with Crippen LogP contribution in [-0.2, 0) is 4.74 Å². The molecule has 10 heteroatoms. The molecule has 0 fully saturated rings. The minimum Gasteiger partial charge on any atom is -0.383 e. The highest BCUT2D eigenvalue weighted by molar-refractivity contribution is 6.42.